The van der Waals surface area contributed by atoms with Gasteiger partial charge >= 0.3 is 12.3 Å². The molecule has 0 bridgehead atoms. The molecule has 0 saturated carbocycles. The molecule has 4 aromatic rings. The van der Waals surface area contributed by atoms with Crippen LogP contribution in [0.4, 0.5) is 8.78 Å². The van der Waals surface area contributed by atoms with E-state index in [2.05, 4.69) is 4.98 Å². The third kappa shape index (κ3) is 5.16. The number of alkyl halides is 2. The van der Waals surface area contributed by atoms with E-state index in [0.717, 1.165) is 4.57 Å². The fourth-order valence-electron chi connectivity index (χ4n) is 4.33. The summed E-state index contributed by atoms with van der Waals surface area (Å²) in [6.45, 7) is 5.69. The summed E-state index contributed by atoms with van der Waals surface area (Å²) in [5, 5.41) is 0.324. The number of ether oxygens (including phenoxy) is 2. The number of halogens is 2. The SMILES string of the molecule is Cc1c(-c2ncco2)sc2c1c(=O)n(C(C)(C)CN)c(=O)n2C[C@H](OC(C)C)c1ccccc1OC(F)F. The van der Waals surface area contributed by atoms with Crippen LogP contribution >= 0.6 is 11.3 Å². The number of hydrogen-bond donors (Lipinski definition) is 1. The van der Waals surface area contributed by atoms with Crippen LogP contribution < -0.4 is 21.7 Å². The Morgan fingerprint density at radius 3 is 2.53 bits per heavy atom. The molecule has 9 nitrogen and oxygen atoms in total. The summed E-state index contributed by atoms with van der Waals surface area (Å²) < 4.78 is 45.3. The number of hydrogen-bond acceptors (Lipinski definition) is 8. The average molecular weight is 549 g/mol. The molecule has 0 aliphatic rings. The van der Waals surface area contributed by atoms with Crippen LogP contribution in [0.5, 0.6) is 5.75 Å². The lowest BCUT2D eigenvalue weighted by molar-refractivity contribution is -0.0549. The highest BCUT2D eigenvalue weighted by Gasteiger charge is 2.31. The highest BCUT2D eigenvalue weighted by Crippen LogP contribution is 2.37. The first kappa shape index (κ1) is 27.7. The Kier molecular flexibility index (Phi) is 7.86. The summed E-state index contributed by atoms with van der Waals surface area (Å²) in [5.41, 5.74) is 4.84. The molecule has 3 aromatic heterocycles. The molecule has 0 radical (unpaired) electrons. The summed E-state index contributed by atoms with van der Waals surface area (Å²) >= 11 is 1.19. The van der Waals surface area contributed by atoms with Crippen molar-refractivity contribution in [3.05, 3.63) is 68.7 Å². The molecule has 0 saturated heterocycles. The van der Waals surface area contributed by atoms with Gasteiger partial charge in [0.05, 0.1) is 34.6 Å². The Hall–Kier alpha value is -3.35. The van der Waals surface area contributed by atoms with Gasteiger partial charge in [0.2, 0.25) is 5.89 Å². The molecule has 4 rings (SSSR count). The Morgan fingerprint density at radius 1 is 1.21 bits per heavy atom. The number of aromatic nitrogens is 3. The summed E-state index contributed by atoms with van der Waals surface area (Å²) in [5.74, 6) is 0.258. The van der Waals surface area contributed by atoms with Crippen LogP contribution in [0.3, 0.4) is 0 Å². The molecule has 204 valence electrons. The zero-order valence-electron chi connectivity index (χ0n) is 21.7. The lowest BCUT2D eigenvalue weighted by atomic mass is 10.1. The standard InChI is InChI=1S/C26H30F2N4O5S/c1-14(2)36-18(16-8-6-7-9-17(16)37-24(27)28)12-31-23-19(15(3)20(38-23)21-30-10-11-35-21)22(33)32(25(31)34)26(4,5)13-29/h6-11,14,18,24H,12-13,29H2,1-5H3/t18-/m0/s1. The molecule has 1 atom stereocenters. The predicted molar refractivity (Wildman–Crippen MR) is 141 cm³/mol. The van der Waals surface area contributed by atoms with Gasteiger partial charge in [-0.15, -0.1) is 11.3 Å². The topological polar surface area (TPSA) is 115 Å². The van der Waals surface area contributed by atoms with Gasteiger partial charge < -0.3 is 19.6 Å². The quantitative estimate of drug-likeness (QED) is 0.307. The Balaban J connectivity index is 2.01. The number of rotatable bonds is 10. The van der Waals surface area contributed by atoms with Gasteiger partial charge in [0.15, 0.2) is 0 Å². The third-order valence-electron chi connectivity index (χ3n) is 6.21. The molecule has 0 spiro atoms. The maximum atomic E-state index is 14.0. The molecule has 2 N–H and O–H groups in total. The number of aryl methyl sites for hydroxylation is 1. The van der Waals surface area contributed by atoms with Gasteiger partial charge in [-0.25, -0.2) is 9.78 Å². The van der Waals surface area contributed by atoms with Crippen LogP contribution in [0.2, 0.25) is 0 Å². The van der Waals surface area contributed by atoms with E-state index in [1.54, 1.807) is 52.8 Å². The molecule has 3 heterocycles. The van der Waals surface area contributed by atoms with Crippen molar-refractivity contribution in [3.8, 4) is 16.5 Å². The Bertz CT molecular complexity index is 1540. The lowest BCUT2D eigenvalue weighted by Gasteiger charge is -2.28. The van der Waals surface area contributed by atoms with Gasteiger partial charge in [0.1, 0.15) is 22.9 Å². The smallest absolute Gasteiger partial charge is 0.387 e. The monoisotopic (exact) mass is 548 g/mol. The zero-order valence-corrected chi connectivity index (χ0v) is 22.6. The molecular weight excluding hydrogens is 518 g/mol. The molecule has 0 aliphatic heterocycles. The minimum Gasteiger partial charge on any atom is -0.444 e. The lowest BCUT2D eigenvalue weighted by Crippen LogP contribution is -2.52. The molecule has 0 aliphatic carbocycles. The second kappa shape index (κ2) is 10.8. The summed E-state index contributed by atoms with van der Waals surface area (Å²) in [6, 6.07) is 6.29. The number of para-hydroxylation sites is 1. The number of oxazole rings is 1. The van der Waals surface area contributed by atoms with E-state index >= 15 is 0 Å². The second-order valence-corrected chi connectivity index (χ2v) is 10.7. The Labute approximate surface area is 221 Å². The van der Waals surface area contributed by atoms with E-state index < -0.39 is 29.5 Å². The van der Waals surface area contributed by atoms with Crippen LogP contribution in [0.1, 0.15) is 44.9 Å². The van der Waals surface area contributed by atoms with Crippen molar-refractivity contribution in [1.82, 2.24) is 14.1 Å². The van der Waals surface area contributed by atoms with Crippen molar-refractivity contribution < 1.29 is 22.7 Å². The maximum absolute atomic E-state index is 14.0. The highest BCUT2D eigenvalue weighted by molar-refractivity contribution is 7.22. The molecule has 0 amide bonds. The Morgan fingerprint density at radius 2 is 1.92 bits per heavy atom. The number of benzene rings is 1. The van der Waals surface area contributed by atoms with E-state index in [1.165, 1.54) is 34.4 Å². The highest BCUT2D eigenvalue weighted by atomic mass is 32.1. The minimum atomic E-state index is -3.04. The van der Waals surface area contributed by atoms with Gasteiger partial charge in [-0.2, -0.15) is 8.78 Å². The molecule has 38 heavy (non-hydrogen) atoms. The van der Waals surface area contributed by atoms with Crippen molar-refractivity contribution in [3.63, 3.8) is 0 Å². The van der Waals surface area contributed by atoms with E-state index in [0.29, 0.717) is 32.1 Å². The van der Waals surface area contributed by atoms with E-state index in [4.69, 9.17) is 19.6 Å². The normalized spacial score (nSPS) is 13.1. The largest absolute Gasteiger partial charge is 0.444 e. The van der Waals surface area contributed by atoms with Crippen LogP contribution in [-0.2, 0) is 16.8 Å². The van der Waals surface area contributed by atoms with Gasteiger partial charge in [-0.3, -0.25) is 13.9 Å². The second-order valence-electron chi connectivity index (χ2n) is 9.71. The minimum absolute atomic E-state index is 0.0282. The summed E-state index contributed by atoms with van der Waals surface area (Å²) in [7, 11) is 0. The summed E-state index contributed by atoms with van der Waals surface area (Å²) in [6.07, 6.45) is 1.75. The fourth-order valence-corrected chi connectivity index (χ4v) is 5.57. The third-order valence-corrected chi connectivity index (χ3v) is 7.51. The van der Waals surface area contributed by atoms with Crippen molar-refractivity contribution >= 4 is 21.6 Å². The molecule has 0 unspecified atom stereocenters. The number of thiophene rings is 1. The van der Waals surface area contributed by atoms with Crippen LogP contribution in [0, 0.1) is 6.92 Å². The first-order chi connectivity index (χ1) is 18.0. The predicted octanol–water partition coefficient (Wildman–Crippen LogP) is 4.65. The van der Waals surface area contributed by atoms with Crippen LogP contribution in [-0.4, -0.2) is 33.4 Å². The molecule has 1 aromatic carbocycles. The molecule has 0 fully saturated rings. The van der Waals surface area contributed by atoms with E-state index in [9.17, 15) is 18.4 Å². The van der Waals surface area contributed by atoms with Gasteiger partial charge in [0, 0.05) is 12.1 Å². The number of nitrogens with two attached hydrogens (primary N) is 1. The van der Waals surface area contributed by atoms with Crippen LogP contribution in [0.15, 0.2) is 50.7 Å². The van der Waals surface area contributed by atoms with Crippen molar-refractivity contribution in [2.24, 2.45) is 5.73 Å². The van der Waals surface area contributed by atoms with Gasteiger partial charge in [-0.05, 0) is 46.2 Å². The van der Waals surface area contributed by atoms with Crippen LogP contribution in [0.25, 0.3) is 21.0 Å². The van der Waals surface area contributed by atoms with Crippen molar-refractivity contribution in [1.29, 1.82) is 0 Å². The first-order valence-corrected chi connectivity index (χ1v) is 12.9. The number of nitrogens with zero attached hydrogens (tertiary/aromatic N) is 3. The van der Waals surface area contributed by atoms with E-state index in [1.807, 2.05) is 0 Å². The van der Waals surface area contributed by atoms with E-state index in [-0.39, 0.29) is 24.9 Å². The average Bonchev–Trinajstić information content (AvgIpc) is 3.49. The van der Waals surface area contributed by atoms with Gasteiger partial charge in [0.25, 0.3) is 5.56 Å². The summed E-state index contributed by atoms with van der Waals surface area (Å²) in [4.78, 5) is 32.9. The van der Waals surface area contributed by atoms with Crippen molar-refractivity contribution in [2.45, 2.75) is 65.5 Å². The maximum Gasteiger partial charge on any atom is 0.387 e. The molecule has 12 heteroatoms. The zero-order chi connectivity index (χ0) is 27.8. The number of fused-ring (bicyclic) bond motifs is 1. The van der Waals surface area contributed by atoms with Gasteiger partial charge in [-0.1, -0.05) is 18.2 Å². The fraction of sp³-hybridized carbons (Fsp3) is 0.423. The molecular formula is C26H30F2N4O5S. The van der Waals surface area contributed by atoms with Crippen molar-refractivity contribution in [2.75, 3.05) is 6.54 Å². The first-order valence-electron chi connectivity index (χ1n) is 12.0.